The van der Waals surface area contributed by atoms with E-state index in [9.17, 15) is 21.6 Å². The minimum absolute atomic E-state index is 0.277. The maximum Gasteiger partial charge on any atom is 0.347 e. The van der Waals surface area contributed by atoms with Gasteiger partial charge in [0.1, 0.15) is 0 Å². The van der Waals surface area contributed by atoms with Crippen molar-refractivity contribution >= 4 is 25.9 Å². The summed E-state index contributed by atoms with van der Waals surface area (Å²) in [6, 6.07) is -0.788. The highest BCUT2D eigenvalue weighted by molar-refractivity contribution is 7.91. The number of sulfone groups is 1. The third-order valence-electron chi connectivity index (χ3n) is 3.51. The first-order valence-electron chi connectivity index (χ1n) is 8.30. The maximum absolute atomic E-state index is 12.8. The molecule has 2 rings (SSSR count). The molecule has 0 spiro atoms. The zero-order chi connectivity index (χ0) is 20.2. The van der Waals surface area contributed by atoms with Crippen LogP contribution in [0, 0.1) is 0 Å². The molecule has 14 heteroatoms. The number of hydrogen-bond acceptors (Lipinski definition) is 9. The van der Waals surface area contributed by atoms with Gasteiger partial charge in [-0.15, -0.1) is 19.0 Å². The molecule has 0 aromatic carbocycles. The summed E-state index contributed by atoms with van der Waals surface area (Å²) in [7, 11) is -8.40. The molecule has 27 heavy (non-hydrogen) atoms. The average molecular weight is 419 g/mol. The third-order valence-corrected chi connectivity index (χ3v) is 6.60. The van der Waals surface area contributed by atoms with Gasteiger partial charge in [-0.05, 0) is 19.8 Å². The maximum atomic E-state index is 12.8. The van der Waals surface area contributed by atoms with Gasteiger partial charge in [0.2, 0.25) is 9.84 Å². The Bertz CT molecular complexity index is 996. The molecule has 0 aliphatic rings. The van der Waals surface area contributed by atoms with E-state index in [0.717, 1.165) is 12.4 Å². The molecule has 12 nitrogen and oxygen atoms in total. The predicted octanol–water partition coefficient (Wildman–Crippen LogP) is -0.00970. The van der Waals surface area contributed by atoms with Crippen LogP contribution in [0.4, 0.5) is 4.79 Å². The van der Waals surface area contributed by atoms with E-state index in [2.05, 4.69) is 20.4 Å². The molecule has 2 aromatic rings. The number of carbonyl (C=O) groups excluding carboxylic acids is 1. The molecule has 0 N–H and O–H groups in total. The highest BCUT2D eigenvalue weighted by atomic mass is 32.2. The molecule has 0 aliphatic heterocycles. The number of hydrogen-bond donors (Lipinski definition) is 0. The second kappa shape index (κ2) is 8.12. The van der Waals surface area contributed by atoms with Crippen LogP contribution in [0.3, 0.4) is 0 Å². The van der Waals surface area contributed by atoms with Crippen LogP contribution < -0.4 is 0 Å². The highest BCUT2D eigenvalue weighted by Gasteiger charge is 2.34. The number of nitrogens with zero attached hydrogens (tertiary/aromatic N) is 7. The summed E-state index contributed by atoms with van der Waals surface area (Å²) in [4.78, 5) is 17.8. The number of aromatic nitrogens is 6. The zero-order valence-corrected chi connectivity index (χ0v) is 16.8. The van der Waals surface area contributed by atoms with Crippen molar-refractivity contribution in [1.82, 2.24) is 34.1 Å². The van der Waals surface area contributed by atoms with Crippen molar-refractivity contribution < 1.29 is 21.6 Å². The largest absolute Gasteiger partial charge is 0.347 e. The van der Waals surface area contributed by atoms with Gasteiger partial charge in [-0.3, -0.25) is 0 Å². The zero-order valence-electron chi connectivity index (χ0n) is 15.2. The molecule has 0 saturated carbocycles. The van der Waals surface area contributed by atoms with Crippen LogP contribution in [-0.4, -0.2) is 75.8 Å². The normalized spacial score (nSPS) is 12.3. The predicted molar refractivity (Wildman–Crippen MR) is 93.3 cm³/mol. The molecule has 0 fully saturated rings. The summed E-state index contributed by atoms with van der Waals surface area (Å²) in [5.41, 5.74) is 0. The second-order valence-corrected chi connectivity index (χ2v) is 9.24. The van der Waals surface area contributed by atoms with E-state index in [1.54, 1.807) is 13.8 Å². The van der Waals surface area contributed by atoms with Crippen molar-refractivity contribution in [2.45, 2.75) is 43.9 Å². The second-order valence-electron chi connectivity index (χ2n) is 5.55. The van der Waals surface area contributed by atoms with Crippen molar-refractivity contribution in [2.75, 3.05) is 18.8 Å². The highest BCUT2D eigenvalue weighted by Crippen LogP contribution is 2.16. The Morgan fingerprint density at radius 2 is 1.85 bits per heavy atom. The van der Waals surface area contributed by atoms with Gasteiger partial charge < -0.3 is 4.90 Å². The Morgan fingerprint density at radius 3 is 2.37 bits per heavy atom. The van der Waals surface area contributed by atoms with Crippen LogP contribution >= 0.6 is 0 Å². The van der Waals surface area contributed by atoms with Crippen molar-refractivity contribution in [3.8, 4) is 0 Å². The fraction of sp³-hybridized carbons (Fsp3) is 0.615. The summed E-state index contributed by atoms with van der Waals surface area (Å²) < 4.78 is 51.1. The standard InChI is InChI=1S/C13H21N7O5S2/c1-4-8-18(6-3)13(21)20-12(27(24,25)19-9-7-14-17-19)15-11(16-20)26(22,23)10-5-2/h7,9H,4-6,8,10H2,1-3H3. The average Bonchev–Trinajstić information content (AvgIpc) is 3.29. The fourth-order valence-electron chi connectivity index (χ4n) is 2.27. The van der Waals surface area contributed by atoms with Gasteiger partial charge >= 0.3 is 16.1 Å². The number of amides is 1. The monoisotopic (exact) mass is 419 g/mol. The van der Waals surface area contributed by atoms with Crippen LogP contribution in [0.25, 0.3) is 0 Å². The Hall–Kier alpha value is -2.35. The molecule has 2 aromatic heterocycles. The Labute approximate surface area is 157 Å². The van der Waals surface area contributed by atoms with Crippen LogP contribution in [0.2, 0.25) is 0 Å². The number of carbonyl (C=O) groups is 1. The topological polar surface area (TPSA) is 150 Å². The van der Waals surface area contributed by atoms with Crippen molar-refractivity contribution in [2.24, 2.45) is 0 Å². The Kier molecular flexibility index (Phi) is 6.30. The molecule has 2 heterocycles. The van der Waals surface area contributed by atoms with Crippen LogP contribution in [-0.2, 0) is 19.9 Å². The van der Waals surface area contributed by atoms with E-state index in [1.165, 1.54) is 4.90 Å². The van der Waals surface area contributed by atoms with E-state index in [1.807, 2.05) is 6.92 Å². The first-order chi connectivity index (χ1) is 12.7. The lowest BCUT2D eigenvalue weighted by Gasteiger charge is -2.19. The third kappa shape index (κ3) is 4.16. The molecule has 150 valence electrons. The molecule has 0 unspecified atom stereocenters. The molecule has 1 amide bonds. The summed E-state index contributed by atoms with van der Waals surface area (Å²) in [6.45, 7) is 5.83. The van der Waals surface area contributed by atoms with Gasteiger partial charge in [-0.2, -0.15) is 13.4 Å². The summed E-state index contributed by atoms with van der Waals surface area (Å²) in [5.74, 6) is -0.277. The Balaban J connectivity index is 2.67. The first-order valence-corrected chi connectivity index (χ1v) is 11.4. The van der Waals surface area contributed by atoms with Crippen LogP contribution in [0.5, 0.6) is 0 Å². The molecule has 0 radical (unpaired) electrons. The SMILES string of the molecule is CCCN(CC)C(=O)n1nc(S(=O)(=O)CCC)nc1S(=O)(=O)n1ccnn1. The minimum Gasteiger partial charge on any atom is -0.323 e. The Morgan fingerprint density at radius 1 is 1.15 bits per heavy atom. The van der Waals surface area contributed by atoms with E-state index in [0.29, 0.717) is 21.7 Å². The summed E-state index contributed by atoms with van der Waals surface area (Å²) >= 11 is 0. The van der Waals surface area contributed by atoms with E-state index >= 15 is 0 Å². The molecule has 0 aliphatic carbocycles. The lowest BCUT2D eigenvalue weighted by Crippen LogP contribution is -2.37. The molecule has 0 bridgehead atoms. The minimum atomic E-state index is -4.46. The van der Waals surface area contributed by atoms with E-state index < -0.39 is 36.2 Å². The molecular weight excluding hydrogens is 398 g/mol. The van der Waals surface area contributed by atoms with Crippen LogP contribution in [0.15, 0.2) is 22.7 Å². The lowest BCUT2D eigenvalue weighted by molar-refractivity contribution is 0.195. The van der Waals surface area contributed by atoms with E-state index in [4.69, 9.17) is 0 Å². The van der Waals surface area contributed by atoms with E-state index in [-0.39, 0.29) is 18.7 Å². The molecule has 0 saturated heterocycles. The first kappa shape index (κ1) is 21.0. The van der Waals surface area contributed by atoms with Gasteiger partial charge in [0.25, 0.3) is 10.3 Å². The fourth-order valence-corrected chi connectivity index (χ4v) is 4.53. The van der Waals surface area contributed by atoms with Gasteiger partial charge in [-0.25, -0.2) is 13.2 Å². The lowest BCUT2D eigenvalue weighted by atomic mass is 10.4. The van der Waals surface area contributed by atoms with Gasteiger partial charge in [0.15, 0.2) is 0 Å². The van der Waals surface area contributed by atoms with Crippen molar-refractivity contribution in [1.29, 1.82) is 0 Å². The smallest absolute Gasteiger partial charge is 0.323 e. The van der Waals surface area contributed by atoms with Crippen molar-refractivity contribution in [3.05, 3.63) is 12.4 Å². The summed E-state index contributed by atoms with van der Waals surface area (Å²) in [6.07, 6.45) is 3.08. The van der Waals surface area contributed by atoms with Crippen LogP contribution in [0.1, 0.15) is 33.6 Å². The molecular formula is C13H21N7O5S2. The number of rotatable bonds is 8. The van der Waals surface area contributed by atoms with Crippen molar-refractivity contribution in [3.63, 3.8) is 0 Å². The summed E-state index contributed by atoms with van der Waals surface area (Å²) in [5, 5.41) is 8.98. The van der Waals surface area contributed by atoms with Gasteiger partial charge in [-0.1, -0.05) is 19.1 Å². The van der Waals surface area contributed by atoms with Gasteiger partial charge in [0, 0.05) is 13.1 Å². The molecule has 0 atom stereocenters. The quantitative estimate of drug-likeness (QED) is 0.575. The van der Waals surface area contributed by atoms with Gasteiger partial charge in [0.05, 0.1) is 18.1 Å².